The molecule has 0 atom stereocenters. The Morgan fingerprint density at radius 2 is 2.24 bits per heavy atom. The third-order valence-corrected chi connectivity index (χ3v) is 3.54. The number of nitrogens with zero attached hydrogens (tertiary/aromatic N) is 1. The monoisotopic (exact) mass is 315 g/mol. The van der Waals surface area contributed by atoms with Crippen molar-refractivity contribution in [3.8, 4) is 0 Å². The number of alkyl halides is 1. The molecule has 1 aromatic carbocycles. The summed E-state index contributed by atoms with van der Waals surface area (Å²) in [5, 5.41) is 0. The molecule has 1 amide bonds. The fourth-order valence-electron chi connectivity index (χ4n) is 1.91. The van der Waals surface area contributed by atoms with Gasteiger partial charge in [-0.1, -0.05) is 28.1 Å². The Bertz CT molecular complexity index is 406. The van der Waals surface area contributed by atoms with Crippen LogP contribution in [0, 0.1) is 0 Å². The van der Waals surface area contributed by atoms with Crippen molar-refractivity contribution in [2.24, 2.45) is 0 Å². The molecule has 0 heterocycles. The first-order chi connectivity index (χ1) is 8.20. The summed E-state index contributed by atoms with van der Waals surface area (Å²) in [5.74, 6) is 0.701. The molecule has 0 spiro atoms. The molecule has 0 bridgehead atoms. The summed E-state index contributed by atoms with van der Waals surface area (Å²) in [6, 6.07) is 8.33. The molecule has 0 aliphatic heterocycles. The molecule has 1 aliphatic rings. The normalized spacial score (nSPS) is 14.7. The van der Waals surface area contributed by atoms with Crippen molar-refractivity contribution in [3.05, 3.63) is 34.3 Å². The van der Waals surface area contributed by atoms with Crippen LogP contribution in [0.5, 0.6) is 0 Å². The van der Waals surface area contributed by atoms with E-state index < -0.39 is 0 Å². The Morgan fingerprint density at radius 1 is 1.47 bits per heavy atom. The molecule has 1 aromatic rings. The van der Waals surface area contributed by atoms with E-state index >= 15 is 0 Å². The highest BCUT2D eigenvalue weighted by molar-refractivity contribution is 9.10. The van der Waals surface area contributed by atoms with Gasteiger partial charge in [0.15, 0.2) is 0 Å². The van der Waals surface area contributed by atoms with Crippen LogP contribution < -0.4 is 0 Å². The molecule has 2 nitrogen and oxygen atoms in total. The standard InChI is InChI=1S/C13H15BrClNO/c14-11-3-1-2-10(8-11)9-13(17)16(7-6-15)12-4-5-12/h1-3,8,12H,4-7,9H2. The third-order valence-electron chi connectivity index (χ3n) is 2.88. The van der Waals surface area contributed by atoms with Gasteiger partial charge in [0, 0.05) is 22.9 Å². The van der Waals surface area contributed by atoms with Crippen LogP contribution in [0.2, 0.25) is 0 Å². The summed E-state index contributed by atoms with van der Waals surface area (Å²) in [7, 11) is 0. The van der Waals surface area contributed by atoms with Crippen LogP contribution in [0.25, 0.3) is 0 Å². The van der Waals surface area contributed by atoms with Crippen LogP contribution >= 0.6 is 27.5 Å². The van der Waals surface area contributed by atoms with Crippen LogP contribution in [-0.4, -0.2) is 29.3 Å². The number of hydrogen-bond acceptors (Lipinski definition) is 1. The van der Waals surface area contributed by atoms with Crippen LogP contribution in [0.1, 0.15) is 18.4 Å². The van der Waals surface area contributed by atoms with Crippen molar-refractivity contribution in [2.75, 3.05) is 12.4 Å². The number of amides is 1. The summed E-state index contributed by atoms with van der Waals surface area (Å²) >= 11 is 9.15. The third kappa shape index (κ3) is 3.71. The largest absolute Gasteiger partial charge is 0.338 e. The van der Waals surface area contributed by atoms with E-state index in [1.54, 1.807) is 0 Å². The molecular formula is C13H15BrClNO. The molecule has 0 unspecified atom stereocenters. The number of carbonyl (C=O) groups excluding carboxylic acids is 1. The molecule has 0 N–H and O–H groups in total. The lowest BCUT2D eigenvalue weighted by Gasteiger charge is -2.21. The Hall–Kier alpha value is -0.540. The molecule has 92 valence electrons. The van der Waals surface area contributed by atoms with Gasteiger partial charge < -0.3 is 4.90 Å². The molecule has 1 fully saturated rings. The van der Waals surface area contributed by atoms with Gasteiger partial charge in [-0.2, -0.15) is 0 Å². The summed E-state index contributed by atoms with van der Waals surface area (Å²) in [6.07, 6.45) is 2.72. The average molecular weight is 317 g/mol. The van der Waals surface area contributed by atoms with Crippen molar-refractivity contribution < 1.29 is 4.79 Å². The number of halogens is 2. The molecule has 1 aliphatic carbocycles. The van der Waals surface area contributed by atoms with Crippen molar-refractivity contribution in [1.29, 1.82) is 0 Å². The highest BCUT2D eigenvalue weighted by Crippen LogP contribution is 2.27. The average Bonchev–Trinajstić information content (AvgIpc) is 3.09. The van der Waals surface area contributed by atoms with Gasteiger partial charge in [0.2, 0.25) is 5.91 Å². The molecule has 0 radical (unpaired) electrons. The van der Waals surface area contributed by atoms with Crippen LogP contribution in [0.4, 0.5) is 0 Å². The maximum absolute atomic E-state index is 12.1. The molecule has 17 heavy (non-hydrogen) atoms. The predicted molar refractivity (Wildman–Crippen MR) is 73.3 cm³/mol. The van der Waals surface area contributed by atoms with E-state index in [1.807, 2.05) is 29.2 Å². The highest BCUT2D eigenvalue weighted by Gasteiger charge is 2.31. The SMILES string of the molecule is O=C(Cc1cccc(Br)c1)N(CCCl)C1CC1. The minimum absolute atomic E-state index is 0.186. The highest BCUT2D eigenvalue weighted by atomic mass is 79.9. The molecule has 0 aromatic heterocycles. The van der Waals surface area contributed by atoms with Crippen molar-refractivity contribution >= 4 is 33.4 Å². The molecule has 0 saturated heterocycles. The zero-order chi connectivity index (χ0) is 12.3. The zero-order valence-corrected chi connectivity index (χ0v) is 11.9. The Kier molecular flexibility index (Phi) is 4.46. The van der Waals surface area contributed by atoms with E-state index in [0.29, 0.717) is 24.9 Å². The minimum Gasteiger partial charge on any atom is -0.338 e. The van der Waals surface area contributed by atoms with E-state index in [9.17, 15) is 4.79 Å². The molecular weight excluding hydrogens is 302 g/mol. The van der Waals surface area contributed by atoms with Gasteiger partial charge in [0.1, 0.15) is 0 Å². The maximum Gasteiger partial charge on any atom is 0.227 e. The van der Waals surface area contributed by atoms with Gasteiger partial charge in [-0.05, 0) is 30.5 Å². The van der Waals surface area contributed by atoms with Gasteiger partial charge in [-0.15, -0.1) is 11.6 Å². The number of benzene rings is 1. The Morgan fingerprint density at radius 3 is 2.82 bits per heavy atom. The second-order valence-corrected chi connectivity index (χ2v) is 5.61. The summed E-state index contributed by atoms with van der Waals surface area (Å²) in [6.45, 7) is 0.666. The topological polar surface area (TPSA) is 20.3 Å². The second kappa shape index (κ2) is 5.87. The van der Waals surface area contributed by atoms with Crippen LogP contribution in [0.3, 0.4) is 0 Å². The van der Waals surface area contributed by atoms with E-state index in [1.165, 1.54) is 0 Å². The van der Waals surface area contributed by atoms with Crippen LogP contribution in [0.15, 0.2) is 28.7 Å². The maximum atomic E-state index is 12.1. The molecule has 2 rings (SSSR count). The lowest BCUT2D eigenvalue weighted by molar-refractivity contribution is -0.130. The minimum atomic E-state index is 0.186. The van der Waals surface area contributed by atoms with Gasteiger partial charge in [0.05, 0.1) is 6.42 Å². The Balaban J connectivity index is 1.99. The van der Waals surface area contributed by atoms with Gasteiger partial charge in [0.25, 0.3) is 0 Å². The number of rotatable bonds is 5. The first-order valence-electron chi connectivity index (χ1n) is 5.80. The van der Waals surface area contributed by atoms with Crippen LogP contribution in [-0.2, 0) is 11.2 Å². The summed E-state index contributed by atoms with van der Waals surface area (Å²) in [4.78, 5) is 14.1. The first kappa shape index (κ1) is 12.9. The van der Waals surface area contributed by atoms with E-state index in [2.05, 4.69) is 15.9 Å². The summed E-state index contributed by atoms with van der Waals surface area (Å²) in [5.41, 5.74) is 1.05. The van der Waals surface area contributed by atoms with Crippen molar-refractivity contribution in [1.82, 2.24) is 4.90 Å². The number of hydrogen-bond donors (Lipinski definition) is 0. The van der Waals surface area contributed by atoms with E-state index in [-0.39, 0.29) is 5.91 Å². The zero-order valence-electron chi connectivity index (χ0n) is 9.53. The molecule has 4 heteroatoms. The number of carbonyl (C=O) groups is 1. The Labute approximate surface area is 115 Å². The van der Waals surface area contributed by atoms with Gasteiger partial charge in [-0.3, -0.25) is 4.79 Å². The van der Waals surface area contributed by atoms with E-state index in [0.717, 1.165) is 22.9 Å². The van der Waals surface area contributed by atoms with Crippen molar-refractivity contribution in [2.45, 2.75) is 25.3 Å². The molecule has 1 saturated carbocycles. The summed E-state index contributed by atoms with van der Waals surface area (Å²) < 4.78 is 1.01. The quantitative estimate of drug-likeness (QED) is 0.764. The van der Waals surface area contributed by atoms with Gasteiger partial charge in [-0.25, -0.2) is 0 Å². The fraction of sp³-hybridized carbons (Fsp3) is 0.462. The second-order valence-electron chi connectivity index (χ2n) is 4.31. The predicted octanol–water partition coefficient (Wildman–Crippen LogP) is 3.22. The van der Waals surface area contributed by atoms with Crippen molar-refractivity contribution in [3.63, 3.8) is 0 Å². The first-order valence-corrected chi connectivity index (χ1v) is 7.13. The smallest absolute Gasteiger partial charge is 0.227 e. The lowest BCUT2D eigenvalue weighted by atomic mass is 10.1. The fourth-order valence-corrected chi connectivity index (χ4v) is 2.54. The van der Waals surface area contributed by atoms with Gasteiger partial charge >= 0.3 is 0 Å². The van der Waals surface area contributed by atoms with E-state index in [4.69, 9.17) is 11.6 Å². The lowest BCUT2D eigenvalue weighted by Crippen LogP contribution is -2.35.